The van der Waals surface area contributed by atoms with Crippen LogP contribution in [0, 0.1) is 17.7 Å². The summed E-state index contributed by atoms with van der Waals surface area (Å²) in [6.07, 6.45) is 0. The summed E-state index contributed by atoms with van der Waals surface area (Å²) in [5, 5.41) is 5.23. The van der Waals surface area contributed by atoms with E-state index in [0.29, 0.717) is 17.0 Å². The van der Waals surface area contributed by atoms with Crippen LogP contribution in [0.3, 0.4) is 0 Å². The van der Waals surface area contributed by atoms with Gasteiger partial charge < -0.3 is 15.4 Å². The first-order valence-electron chi connectivity index (χ1n) is 6.62. The van der Waals surface area contributed by atoms with Gasteiger partial charge in [-0.2, -0.15) is 0 Å². The number of hydrogen-bond acceptors (Lipinski definition) is 2. The zero-order chi connectivity index (χ0) is 15.8. The van der Waals surface area contributed by atoms with Crippen LogP contribution in [0.2, 0.25) is 0 Å². The smallest absolute Gasteiger partial charge is 0.320 e. The molecule has 0 saturated carbocycles. The molecule has 0 atom stereocenters. The van der Waals surface area contributed by atoms with E-state index in [1.165, 1.54) is 13.2 Å². The van der Waals surface area contributed by atoms with Gasteiger partial charge in [0.05, 0.1) is 24.9 Å². The van der Waals surface area contributed by atoms with Crippen molar-refractivity contribution >= 4 is 11.7 Å². The van der Waals surface area contributed by atoms with E-state index in [2.05, 4.69) is 22.5 Å². The van der Waals surface area contributed by atoms with Crippen molar-refractivity contribution < 1.29 is 13.9 Å². The molecule has 2 rings (SSSR count). The minimum atomic E-state index is -0.410. The zero-order valence-corrected chi connectivity index (χ0v) is 12.0. The standard InChI is InChI=1S/C17H15FN2O2/c1-22-16-11-5-4-10-15(16)20-17(21)19-12-6-8-13-7-2-3-9-14(13)18/h2-5,7,9-11H,12H2,1H3,(H2,19,20,21). The topological polar surface area (TPSA) is 50.4 Å². The predicted molar refractivity (Wildman–Crippen MR) is 83.3 cm³/mol. The second-order valence-corrected chi connectivity index (χ2v) is 4.29. The number of benzene rings is 2. The summed E-state index contributed by atoms with van der Waals surface area (Å²) >= 11 is 0. The monoisotopic (exact) mass is 298 g/mol. The highest BCUT2D eigenvalue weighted by atomic mass is 19.1. The van der Waals surface area contributed by atoms with E-state index in [-0.39, 0.29) is 12.4 Å². The van der Waals surface area contributed by atoms with Gasteiger partial charge in [0.25, 0.3) is 0 Å². The third-order valence-electron chi connectivity index (χ3n) is 2.79. The van der Waals surface area contributed by atoms with E-state index in [1.807, 2.05) is 6.07 Å². The molecule has 5 heteroatoms. The highest BCUT2D eigenvalue weighted by Gasteiger charge is 2.05. The van der Waals surface area contributed by atoms with Gasteiger partial charge in [-0.3, -0.25) is 0 Å². The number of anilines is 1. The maximum Gasteiger partial charge on any atom is 0.320 e. The second-order valence-electron chi connectivity index (χ2n) is 4.29. The molecular formula is C17H15FN2O2. The number of amides is 2. The Balaban J connectivity index is 1.88. The van der Waals surface area contributed by atoms with Gasteiger partial charge in [-0.1, -0.05) is 36.1 Å². The number of halogens is 1. The summed E-state index contributed by atoms with van der Waals surface area (Å²) in [5.41, 5.74) is 0.860. The molecule has 22 heavy (non-hydrogen) atoms. The van der Waals surface area contributed by atoms with Crippen LogP contribution in [-0.2, 0) is 0 Å². The summed E-state index contributed by atoms with van der Waals surface area (Å²) in [7, 11) is 1.53. The third kappa shape index (κ3) is 4.25. The van der Waals surface area contributed by atoms with Crippen molar-refractivity contribution in [2.45, 2.75) is 0 Å². The van der Waals surface area contributed by atoms with Gasteiger partial charge in [0.15, 0.2) is 0 Å². The first kappa shape index (κ1) is 15.4. The average Bonchev–Trinajstić information content (AvgIpc) is 2.53. The van der Waals surface area contributed by atoms with Crippen molar-refractivity contribution in [3.05, 3.63) is 59.9 Å². The lowest BCUT2D eigenvalue weighted by atomic mass is 10.2. The SMILES string of the molecule is COc1ccccc1NC(=O)NCC#Cc1ccccc1F. The van der Waals surface area contributed by atoms with Crippen LogP contribution in [-0.4, -0.2) is 19.7 Å². The molecule has 0 aromatic heterocycles. The number of carbonyl (C=O) groups excluding carboxylic acids is 1. The quantitative estimate of drug-likeness (QED) is 0.856. The van der Waals surface area contributed by atoms with Crippen molar-refractivity contribution in [3.63, 3.8) is 0 Å². The van der Waals surface area contributed by atoms with Crippen molar-refractivity contribution in [1.29, 1.82) is 0 Å². The molecule has 0 fully saturated rings. The number of para-hydroxylation sites is 2. The molecule has 0 aliphatic heterocycles. The molecular weight excluding hydrogens is 283 g/mol. The lowest BCUT2D eigenvalue weighted by molar-refractivity contribution is 0.253. The normalized spacial score (nSPS) is 9.36. The number of ether oxygens (including phenoxy) is 1. The molecule has 112 valence electrons. The molecule has 2 aromatic rings. The van der Waals surface area contributed by atoms with Crippen molar-refractivity contribution in [2.24, 2.45) is 0 Å². The van der Waals surface area contributed by atoms with E-state index >= 15 is 0 Å². The number of urea groups is 1. The van der Waals surface area contributed by atoms with Crippen molar-refractivity contribution in [1.82, 2.24) is 5.32 Å². The second kappa shape index (κ2) is 7.70. The maximum absolute atomic E-state index is 13.3. The van der Waals surface area contributed by atoms with Crippen molar-refractivity contribution in [3.8, 4) is 17.6 Å². The van der Waals surface area contributed by atoms with Gasteiger partial charge in [-0.15, -0.1) is 0 Å². The molecule has 0 unspecified atom stereocenters. The Labute approximate surface area is 128 Å². The number of nitrogens with one attached hydrogen (secondary N) is 2. The van der Waals surface area contributed by atoms with E-state index in [0.717, 1.165) is 0 Å². The molecule has 2 amide bonds. The Bertz CT molecular complexity index is 720. The van der Waals surface area contributed by atoms with Crippen LogP contribution in [0.4, 0.5) is 14.9 Å². The minimum absolute atomic E-state index is 0.106. The Morgan fingerprint density at radius 2 is 1.91 bits per heavy atom. The summed E-state index contributed by atoms with van der Waals surface area (Å²) in [4.78, 5) is 11.7. The predicted octanol–water partition coefficient (Wildman–Crippen LogP) is 3.01. The van der Waals surface area contributed by atoms with Gasteiger partial charge in [0.2, 0.25) is 0 Å². The first-order valence-corrected chi connectivity index (χ1v) is 6.62. The summed E-state index contributed by atoms with van der Waals surface area (Å²) in [6, 6.07) is 12.9. The first-order chi connectivity index (χ1) is 10.7. The van der Waals surface area contributed by atoms with Crippen LogP contribution in [0.15, 0.2) is 48.5 Å². The number of hydrogen-bond donors (Lipinski definition) is 2. The van der Waals surface area contributed by atoms with E-state index in [4.69, 9.17) is 4.74 Å². The summed E-state index contributed by atoms with van der Waals surface area (Å²) in [5.74, 6) is 5.54. The Kier molecular flexibility index (Phi) is 5.38. The largest absolute Gasteiger partial charge is 0.495 e. The number of rotatable bonds is 3. The Morgan fingerprint density at radius 3 is 2.68 bits per heavy atom. The fraction of sp³-hybridized carbons (Fsp3) is 0.118. The van der Waals surface area contributed by atoms with E-state index in [1.54, 1.807) is 36.4 Å². The van der Waals surface area contributed by atoms with Gasteiger partial charge in [0, 0.05) is 0 Å². The molecule has 0 aliphatic rings. The van der Waals surface area contributed by atoms with Gasteiger partial charge in [0.1, 0.15) is 11.6 Å². The average molecular weight is 298 g/mol. The van der Waals surface area contributed by atoms with Gasteiger partial charge in [-0.05, 0) is 24.3 Å². The lowest BCUT2D eigenvalue weighted by Crippen LogP contribution is -2.29. The lowest BCUT2D eigenvalue weighted by Gasteiger charge is -2.09. The molecule has 0 bridgehead atoms. The number of carbonyl (C=O) groups is 1. The summed E-state index contributed by atoms with van der Waals surface area (Å²) < 4.78 is 18.5. The zero-order valence-electron chi connectivity index (χ0n) is 12.0. The van der Waals surface area contributed by atoms with E-state index < -0.39 is 6.03 Å². The molecule has 0 heterocycles. The minimum Gasteiger partial charge on any atom is -0.495 e. The highest BCUT2D eigenvalue weighted by molar-refractivity contribution is 5.91. The fourth-order valence-electron chi connectivity index (χ4n) is 1.74. The highest BCUT2D eigenvalue weighted by Crippen LogP contribution is 2.22. The fourth-order valence-corrected chi connectivity index (χ4v) is 1.74. The van der Waals surface area contributed by atoms with Crippen LogP contribution in [0.1, 0.15) is 5.56 Å². The Hall–Kier alpha value is -3.00. The van der Waals surface area contributed by atoms with Crippen LogP contribution >= 0.6 is 0 Å². The van der Waals surface area contributed by atoms with Crippen LogP contribution < -0.4 is 15.4 Å². The molecule has 0 saturated heterocycles. The van der Waals surface area contributed by atoms with E-state index in [9.17, 15) is 9.18 Å². The molecule has 2 aromatic carbocycles. The van der Waals surface area contributed by atoms with Crippen molar-refractivity contribution in [2.75, 3.05) is 19.0 Å². The molecule has 4 nitrogen and oxygen atoms in total. The molecule has 2 N–H and O–H groups in total. The molecule has 0 radical (unpaired) electrons. The Morgan fingerprint density at radius 1 is 1.18 bits per heavy atom. The molecule has 0 aliphatic carbocycles. The number of methoxy groups -OCH3 is 1. The third-order valence-corrected chi connectivity index (χ3v) is 2.79. The van der Waals surface area contributed by atoms with Gasteiger partial charge >= 0.3 is 6.03 Å². The van der Waals surface area contributed by atoms with Crippen LogP contribution in [0.5, 0.6) is 5.75 Å². The van der Waals surface area contributed by atoms with Gasteiger partial charge in [-0.25, -0.2) is 9.18 Å². The molecule has 0 spiro atoms. The van der Waals surface area contributed by atoms with Crippen LogP contribution in [0.25, 0.3) is 0 Å². The summed E-state index contributed by atoms with van der Waals surface area (Å²) in [6.45, 7) is 0.106. The maximum atomic E-state index is 13.3.